The maximum Gasteiger partial charge on any atom is 0.119 e. The fraction of sp³-hybridized carbons (Fsp3) is 0.667. The third kappa shape index (κ3) is 4.72. The molecule has 0 aliphatic carbocycles. The van der Waals surface area contributed by atoms with E-state index in [0.29, 0.717) is 6.04 Å². The molecule has 0 radical (unpaired) electrons. The number of benzene rings is 1. The second-order valence-electron chi connectivity index (χ2n) is 7.01. The molecular formula is C18H30N2O. The van der Waals surface area contributed by atoms with Crippen molar-refractivity contribution in [3.8, 4) is 5.75 Å². The molecule has 1 aromatic carbocycles. The number of likely N-dealkylation sites (N-methyl/N-ethyl adjacent to an activating group) is 1. The molecule has 1 heterocycles. The van der Waals surface area contributed by atoms with Crippen LogP contribution in [-0.4, -0.2) is 44.2 Å². The zero-order chi connectivity index (χ0) is 15.3. The molecule has 1 fully saturated rings. The van der Waals surface area contributed by atoms with Gasteiger partial charge in [0.1, 0.15) is 12.4 Å². The zero-order valence-electron chi connectivity index (χ0n) is 14.0. The highest BCUT2D eigenvalue weighted by Gasteiger charge is 2.23. The summed E-state index contributed by atoms with van der Waals surface area (Å²) in [4.78, 5) is 2.54. The molecule has 21 heavy (non-hydrogen) atoms. The van der Waals surface area contributed by atoms with Crippen LogP contribution in [0, 0.1) is 0 Å². The van der Waals surface area contributed by atoms with Crippen molar-refractivity contribution >= 4 is 0 Å². The summed E-state index contributed by atoms with van der Waals surface area (Å²) in [5, 5.41) is 3.29. The smallest absolute Gasteiger partial charge is 0.119 e. The molecule has 0 aromatic heterocycles. The SMILES string of the molecule is CNCC1CCCN1CCOc1ccc(C(C)(C)C)cc1. The van der Waals surface area contributed by atoms with E-state index in [0.717, 1.165) is 25.4 Å². The van der Waals surface area contributed by atoms with Crippen molar-refractivity contribution in [1.82, 2.24) is 10.2 Å². The lowest BCUT2D eigenvalue weighted by Crippen LogP contribution is -2.39. The maximum atomic E-state index is 5.90. The highest BCUT2D eigenvalue weighted by atomic mass is 16.5. The van der Waals surface area contributed by atoms with Crippen LogP contribution >= 0.6 is 0 Å². The van der Waals surface area contributed by atoms with Crippen LogP contribution in [0.25, 0.3) is 0 Å². The van der Waals surface area contributed by atoms with Gasteiger partial charge in [-0.05, 0) is 49.5 Å². The molecule has 0 saturated carbocycles. The number of nitrogens with one attached hydrogen (secondary N) is 1. The van der Waals surface area contributed by atoms with Crippen LogP contribution in [-0.2, 0) is 5.41 Å². The molecule has 1 unspecified atom stereocenters. The van der Waals surface area contributed by atoms with E-state index >= 15 is 0 Å². The summed E-state index contributed by atoms with van der Waals surface area (Å²) < 4.78 is 5.90. The fourth-order valence-corrected chi connectivity index (χ4v) is 2.99. The molecule has 0 bridgehead atoms. The van der Waals surface area contributed by atoms with Crippen molar-refractivity contribution in [2.24, 2.45) is 0 Å². The zero-order valence-corrected chi connectivity index (χ0v) is 14.0. The van der Waals surface area contributed by atoms with Gasteiger partial charge in [0.25, 0.3) is 0 Å². The van der Waals surface area contributed by atoms with Crippen LogP contribution in [0.3, 0.4) is 0 Å². The largest absolute Gasteiger partial charge is 0.492 e. The fourth-order valence-electron chi connectivity index (χ4n) is 2.99. The highest BCUT2D eigenvalue weighted by Crippen LogP contribution is 2.24. The van der Waals surface area contributed by atoms with Gasteiger partial charge in [0.2, 0.25) is 0 Å². The van der Waals surface area contributed by atoms with Gasteiger partial charge in [0.05, 0.1) is 0 Å². The van der Waals surface area contributed by atoms with Gasteiger partial charge < -0.3 is 10.1 Å². The van der Waals surface area contributed by atoms with Crippen LogP contribution in [0.15, 0.2) is 24.3 Å². The molecule has 1 aliphatic rings. The Kier molecular flexibility index (Phi) is 5.65. The van der Waals surface area contributed by atoms with Crippen molar-refractivity contribution < 1.29 is 4.74 Å². The van der Waals surface area contributed by atoms with Gasteiger partial charge in [0, 0.05) is 19.1 Å². The Morgan fingerprint density at radius 3 is 2.57 bits per heavy atom. The van der Waals surface area contributed by atoms with E-state index in [4.69, 9.17) is 4.74 Å². The first kappa shape index (κ1) is 16.3. The highest BCUT2D eigenvalue weighted by molar-refractivity contribution is 5.31. The molecule has 1 aromatic rings. The summed E-state index contributed by atoms with van der Waals surface area (Å²) in [6.07, 6.45) is 2.62. The lowest BCUT2D eigenvalue weighted by molar-refractivity contribution is 0.195. The van der Waals surface area contributed by atoms with Gasteiger partial charge in [0.15, 0.2) is 0 Å². The van der Waals surface area contributed by atoms with Gasteiger partial charge in [-0.25, -0.2) is 0 Å². The molecule has 0 amide bonds. The van der Waals surface area contributed by atoms with E-state index in [1.807, 2.05) is 7.05 Å². The Balaban J connectivity index is 1.78. The predicted molar refractivity (Wildman–Crippen MR) is 89.2 cm³/mol. The summed E-state index contributed by atoms with van der Waals surface area (Å²) in [7, 11) is 2.03. The second kappa shape index (κ2) is 7.28. The van der Waals surface area contributed by atoms with Crippen molar-refractivity contribution in [2.75, 3.05) is 33.3 Å². The minimum atomic E-state index is 0.203. The second-order valence-corrected chi connectivity index (χ2v) is 7.01. The average molecular weight is 290 g/mol. The van der Waals surface area contributed by atoms with Crippen molar-refractivity contribution in [3.63, 3.8) is 0 Å². The van der Waals surface area contributed by atoms with Crippen molar-refractivity contribution in [1.29, 1.82) is 0 Å². The maximum absolute atomic E-state index is 5.90. The number of hydrogen-bond donors (Lipinski definition) is 1. The summed E-state index contributed by atoms with van der Waals surface area (Å²) in [5.74, 6) is 0.979. The molecule has 0 spiro atoms. The standard InChI is InChI=1S/C18H30N2O/c1-18(2,3)15-7-9-17(10-8-15)21-13-12-20-11-5-6-16(20)14-19-4/h7-10,16,19H,5-6,11-14H2,1-4H3. The molecule has 1 aliphatic heterocycles. The molecule has 1 N–H and O–H groups in total. The monoisotopic (exact) mass is 290 g/mol. The van der Waals surface area contributed by atoms with Crippen molar-refractivity contribution in [2.45, 2.75) is 45.1 Å². The molecule has 1 atom stereocenters. The van der Waals surface area contributed by atoms with E-state index < -0.39 is 0 Å². The van der Waals surface area contributed by atoms with Crippen LogP contribution in [0.1, 0.15) is 39.2 Å². The predicted octanol–water partition coefficient (Wildman–Crippen LogP) is 3.05. The van der Waals surface area contributed by atoms with E-state index in [2.05, 4.69) is 55.3 Å². The van der Waals surface area contributed by atoms with Crippen LogP contribution in [0.2, 0.25) is 0 Å². The number of nitrogens with zero attached hydrogens (tertiary/aromatic N) is 1. The van der Waals surface area contributed by atoms with Gasteiger partial charge in [-0.2, -0.15) is 0 Å². The van der Waals surface area contributed by atoms with Crippen molar-refractivity contribution in [3.05, 3.63) is 29.8 Å². The summed E-state index contributed by atoms with van der Waals surface area (Å²) in [6.45, 7) is 10.8. The minimum absolute atomic E-state index is 0.203. The summed E-state index contributed by atoms with van der Waals surface area (Å²) in [6, 6.07) is 9.22. The Morgan fingerprint density at radius 1 is 1.24 bits per heavy atom. The van der Waals surface area contributed by atoms with Gasteiger partial charge in [-0.1, -0.05) is 32.9 Å². The topological polar surface area (TPSA) is 24.5 Å². The third-order valence-corrected chi connectivity index (χ3v) is 4.31. The van der Waals surface area contributed by atoms with Crippen LogP contribution in [0.4, 0.5) is 0 Å². The normalized spacial score (nSPS) is 19.9. The number of hydrogen-bond acceptors (Lipinski definition) is 3. The van der Waals surface area contributed by atoms with E-state index in [-0.39, 0.29) is 5.41 Å². The first-order valence-electron chi connectivity index (χ1n) is 8.12. The van der Waals surface area contributed by atoms with Gasteiger partial charge >= 0.3 is 0 Å². The Hall–Kier alpha value is -1.06. The van der Waals surface area contributed by atoms with E-state index in [1.54, 1.807) is 0 Å². The number of rotatable bonds is 6. The summed E-state index contributed by atoms with van der Waals surface area (Å²) in [5.41, 5.74) is 1.55. The average Bonchev–Trinajstić information content (AvgIpc) is 2.86. The first-order chi connectivity index (χ1) is 10.0. The molecule has 1 saturated heterocycles. The van der Waals surface area contributed by atoms with E-state index in [9.17, 15) is 0 Å². The molecule has 3 heteroatoms. The van der Waals surface area contributed by atoms with E-state index in [1.165, 1.54) is 24.9 Å². The molecule has 118 valence electrons. The van der Waals surface area contributed by atoms with Gasteiger partial charge in [-0.3, -0.25) is 4.90 Å². The third-order valence-electron chi connectivity index (χ3n) is 4.31. The van der Waals surface area contributed by atoms with Crippen LogP contribution < -0.4 is 10.1 Å². The molecular weight excluding hydrogens is 260 g/mol. The molecule has 3 nitrogen and oxygen atoms in total. The van der Waals surface area contributed by atoms with Crippen LogP contribution in [0.5, 0.6) is 5.75 Å². The lowest BCUT2D eigenvalue weighted by atomic mass is 9.87. The lowest BCUT2D eigenvalue weighted by Gasteiger charge is -2.24. The Morgan fingerprint density at radius 2 is 1.95 bits per heavy atom. The Labute approximate surface area is 129 Å². The number of likely N-dealkylation sites (tertiary alicyclic amines) is 1. The van der Waals surface area contributed by atoms with Gasteiger partial charge in [-0.15, -0.1) is 0 Å². The minimum Gasteiger partial charge on any atom is -0.492 e. The summed E-state index contributed by atoms with van der Waals surface area (Å²) >= 11 is 0. The number of ether oxygens (including phenoxy) is 1. The quantitative estimate of drug-likeness (QED) is 0.871. The molecule has 2 rings (SSSR count). The Bertz CT molecular complexity index is 422. The first-order valence-corrected chi connectivity index (χ1v) is 8.12.